The first-order valence-electron chi connectivity index (χ1n) is 15.7. The van der Waals surface area contributed by atoms with Crippen LogP contribution in [0.5, 0.6) is 0 Å². The molecule has 5 aromatic carbocycles. The predicted octanol–water partition coefficient (Wildman–Crippen LogP) is 4.82. The van der Waals surface area contributed by atoms with E-state index in [4.69, 9.17) is 0 Å². The number of alkyl halides is 6. The van der Waals surface area contributed by atoms with Crippen LogP contribution in [-0.4, -0.2) is 3.21 Å². The van der Waals surface area contributed by atoms with Gasteiger partial charge in [0.1, 0.15) is 0 Å². The zero-order chi connectivity index (χ0) is 33.8. The van der Waals surface area contributed by atoms with Gasteiger partial charge in [-0.1, -0.05) is 0 Å². The van der Waals surface area contributed by atoms with Crippen LogP contribution >= 0.6 is 0 Å². The zero-order valence-corrected chi connectivity index (χ0v) is 30.9. The van der Waals surface area contributed by atoms with Crippen molar-refractivity contribution in [2.24, 2.45) is 5.92 Å². The third-order valence-corrected chi connectivity index (χ3v) is 17.9. The summed E-state index contributed by atoms with van der Waals surface area (Å²) >= 11 is -3.70. The average molecular weight is 799 g/mol. The molecule has 0 saturated carbocycles. The molecule has 0 radical (unpaired) electrons. The van der Waals surface area contributed by atoms with E-state index >= 15 is 0 Å². The molecule has 0 heterocycles. The molecule has 9 heteroatoms. The number of rotatable bonds is 5. The summed E-state index contributed by atoms with van der Waals surface area (Å²) in [6.07, 6.45) is -6.38. The molecule has 0 spiro atoms. The Bertz CT molecular complexity index is 2100. The number of benzene rings is 5. The number of allylic oxidation sites excluding steroid dienone is 4. The minimum absolute atomic E-state index is 0. The van der Waals surface area contributed by atoms with Gasteiger partial charge in [0.2, 0.25) is 0 Å². The number of hydrogen-bond acceptors (Lipinski definition) is 0. The van der Waals surface area contributed by atoms with Crippen LogP contribution in [0.25, 0.3) is 16.7 Å². The van der Waals surface area contributed by atoms with E-state index < -0.39 is 44.7 Å². The van der Waals surface area contributed by atoms with Crippen molar-refractivity contribution in [1.82, 2.24) is 0 Å². The summed E-state index contributed by atoms with van der Waals surface area (Å²) in [5.41, 5.74) is 6.58. The van der Waals surface area contributed by atoms with E-state index in [1.165, 1.54) is 12.1 Å². The molecule has 0 aromatic heterocycles. The molecular weight excluding hydrogens is 769 g/mol. The summed E-state index contributed by atoms with van der Waals surface area (Å²) in [5.74, 6) is -0.0687. The van der Waals surface area contributed by atoms with Crippen molar-refractivity contribution in [2.75, 3.05) is 0 Å². The molecule has 5 aromatic rings. The van der Waals surface area contributed by atoms with Gasteiger partial charge in [-0.3, -0.25) is 0 Å². The monoisotopic (exact) mass is 796 g/mol. The van der Waals surface area contributed by atoms with E-state index in [0.717, 1.165) is 69.8 Å². The van der Waals surface area contributed by atoms with Crippen LogP contribution in [0.2, 0.25) is 0 Å². The minimum Gasteiger partial charge on any atom is -1.00 e. The number of fused-ring (bicyclic) bond motifs is 3. The molecule has 2 aliphatic rings. The molecule has 1 unspecified atom stereocenters. The van der Waals surface area contributed by atoms with Crippen LogP contribution in [0.1, 0.15) is 52.8 Å². The van der Waals surface area contributed by atoms with E-state index in [2.05, 4.69) is 44.2 Å². The van der Waals surface area contributed by atoms with E-state index in [1.54, 1.807) is 12.1 Å². The first kappa shape index (κ1) is 37.7. The van der Waals surface area contributed by atoms with Gasteiger partial charge in [-0.05, 0) is 0 Å². The Morgan fingerprint density at radius 1 is 0.640 bits per heavy atom. The van der Waals surface area contributed by atoms with Gasteiger partial charge in [-0.25, -0.2) is 0 Å². The normalized spacial score (nSPS) is 14.9. The molecule has 2 aliphatic carbocycles. The zero-order valence-electron chi connectivity index (χ0n) is 26.9. The summed E-state index contributed by atoms with van der Waals surface area (Å²) in [7, 11) is 0. The molecular formula is C41H30Cl2F6Zr. The Hall–Kier alpha value is -3.51. The van der Waals surface area contributed by atoms with Crippen LogP contribution in [-0.2, 0) is 40.0 Å². The van der Waals surface area contributed by atoms with Gasteiger partial charge >= 0.3 is 285 Å². The number of hydrogen-bond donors (Lipinski definition) is 0. The predicted molar refractivity (Wildman–Crippen MR) is 177 cm³/mol. The van der Waals surface area contributed by atoms with E-state index in [1.807, 2.05) is 48.5 Å². The summed E-state index contributed by atoms with van der Waals surface area (Å²) in [6.45, 7) is 4.16. The molecule has 0 nitrogen and oxygen atoms in total. The second-order valence-corrected chi connectivity index (χ2v) is 18.1. The maximum absolute atomic E-state index is 14.2. The summed E-state index contributed by atoms with van der Waals surface area (Å²) < 4.78 is 88.1. The molecule has 0 amide bonds. The van der Waals surface area contributed by atoms with Gasteiger partial charge in [0, 0.05) is 0 Å². The van der Waals surface area contributed by atoms with Crippen LogP contribution in [0.4, 0.5) is 26.3 Å². The largest absolute Gasteiger partial charge is 1.00 e. The molecule has 254 valence electrons. The third kappa shape index (κ3) is 7.02. The second kappa shape index (κ2) is 14.6. The first-order chi connectivity index (χ1) is 22.9. The van der Waals surface area contributed by atoms with Crippen LogP contribution in [0, 0.1) is 5.92 Å². The van der Waals surface area contributed by atoms with Gasteiger partial charge in [-0.2, -0.15) is 0 Å². The second-order valence-electron chi connectivity index (χ2n) is 12.3. The molecule has 0 bridgehead atoms. The third-order valence-electron chi connectivity index (χ3n) is 9.36. The maximum Gasteiger partial charge on any atom is -1.00 e. The van der Waals surface area contributed by atoms with Crippen LogP contribution in [0.15, 0.2) is 136 Å². The van der Waals surface area contributed by atoms with E-state index in [-0.39, 0.29) is 30.7 Å². The fraction of sp³-hybridized carbons (Fsp3) is 0.146. The summed E-state index contributed by atoms with van der Waals surface area (Å²) in [4.78, 5) is 0. The van der Waals surface area contributed by atoms with Gasteiger partial charge in [0.25, 0.3) is 0 Å². The van der Waals surface area contributed by atoms with Gasteiger partial charge < -0.3 is 24.8 Å². The number of halogens is 8. The van der Waals surface area contributed by atoms with Crippen molar-refractivity contribution in [3.8, 4) is 11.1 Å². The Balaban J connectivity index is 0.00000243. The van der Waals surface area contributed by atoms with Crippen LogP contribution < -0.4 is 28.1 Å². The molecule has 0 saturated heterocycles. The first-order valence-corrected chi connectivity index (χ1v) is 19.4. The molecule has 50 heavy (non-hydrogen) atoms. The van der Waals surface area contributed by atoms with E-state index in [9.17, 15) is 26.3 Å². The Kier molecular flexibility index (Phi) is 11.0. The Morgan fingerprint density at radius 3 is 1.78 bits per heavy atom. The fourth-order valence-corrected chi connectivity index (χ4v) is 16.0. The SMILES string of the molecule is CC1=[C]([Zr+2](=[C](c2cccc(C(F)(F)F)c2)c2cccc(C(F)(F)F)c2)[c]2cccc3c2Cc2ccccc2-3)C(C)C=C1c1ccccc1.[Cl-].[Cl-]. The minimum atomic E-state index is -4.62. The Morgan fingerprint density at radius 2 is 1.18 bits per heavy atom. The molecule has 0 aliphatic heterocycles. The van der Waals surface area contributed by atoms with Crippen molar-refractivity contribution < 1.29 is 72.4 Å². The van der Waals surface area contributed by atoms with Crippen molar-refractivity contribution in [3.63, 3.8) is 0 Å². The molecule has 1 atom stereocenters. The summed E-state index contributed by atoms with van der Waals surface area (Å²) in [6, 6.07) is 34.5. The maximum atomic E-state index is 14.2. The van der Waals surface area contributed by atoms with Gasteiger partial charge in [0.15, 0.2) is 0 Å². The molecule has 7 rings (SSSR count). The smallest absolute Gasteiger partial charge is 1.00 e. The topological polar surface area (TPSA) is 0 Å². The standard InChI is InChI=1S/C15H8F6.C13H9.C13H13.2ClH.Zr/c16-14(17,18)12-5-1-3-10(8-12)7-11-4-2-6-13(9-11)15(19,20)21;1-3-7-12-10(5-1)9-11-6-2-4-8-13(11)12;1-10-8-11(2)13(9-10)12-6-4-3-5-7-12;;;/h1-6,8-9H;1-5,7-8H,9H2;3-7,9-10H,1-2H3;2*1H;/q;;;;;+2/p-2. The van der Waals surface area contributed by atoms with Crippen LogP contribution in [0.3, 0.4) is 0 Å². The van der Waals surface area contributed by atoms with Gasteiger partial charge in [0.05, 0.1) is 0 Å². The fourth-order valence-electron chi connectivity index (χ4n) is 7.25. The Labute approximate surface area is 307 Å². The molecule has 0 N–H and O–H groups in total. The van der Waals surface area contributed by atoms with Crippen molar-refractivity contribution >= 4 is 12.1 Å². The van der Waals surface area contributed by atoms with Crippen molar-refractivity contribution in [2.45, 2.75) is 32.6 Å². The van der Waals surface area contributed by atoms with E-state index in [0.29, 0.717) is 20.8 Å². The average Bonchev–Trinajstić information content (AvgIpc) is 3.60. The van der Waals surface area contributed by atoms with Crippen molar-refractivity contribution in [1.29, 1.82) is 0 Å². The summed E-state index contributed by atoms with van der Waals surface area (Å²) in [5, 5.41) is 0. The quantitative estimate of drug-likeness (QED) is 0.220. The van der Waals surface area contributed by atoms with Gasteiger partial charge in [-0.15, -0.1) is 0 Å². The van der Waals surface area contributed by atoms with Crippen molar-refractivity contribution in [3.05, 3.63) is 175 Å². The molecule has 0 fully saturated rings.